The molecule has 1 heterocycles. The standard InChI is InChI=1S/C6H14N2.C2H6O.CH4/c1-6-5-7-3-4-8(6)2;1-2-3;/h6-7H,3-5H2,1-2H3;3H,2H2,1H3;1H4. The highest BCUT2D eigenvalue weighted by molar-refractivity contribution is 4.71. The van der Waals surface area contributed by atoms with Crippen LogP contribution in [0.15, 0.2) is 0 Å². The van der Waals surface area contributed by atoms with Gasteiger partial charge in [0.2, 0.25) is 0 Å². The summed E-state index contributed by atoms with van der Waals surface area (Å²) in [7, 11) is 2.17. The summed E-state index contributed by atoms with van der Waals surface area (Å²) in [5.41, 5.74) is 0. The van der Waals surface area contributed by atoms with Crippen LogP contribution in [0, 0.1) is 0 Å². The lowest BCUT2D eigenvalue weighted by atomic mass is 10.2. The van der Waals surface area contributed by atoms with Gasteiger partial charge in [-0.25, -0.2) is 0 Å². The molecule has 3 nitrogen and oxygen atoms in total. The van der Waals surface area contributed by atoms with Gasteiger partial charge in [0.15, 0.2) is 0 Å². The van der Waals surface area contributed by atoms with Gasteiger partial charge >= 0.3 is 0 Å². The van der Waals surface area contributed by atoms with E-state index in [1.165, 1.54) is 6.54 Å². The number of rotatable bonds is 0. The number of aliphatic hydroxyl groups is 1. The Hall–Kier alpha value is -0.120. The Labute approximate surface area is 76.8 Å². The molecular formula is C9H24N2O. The van der Waals surface area contributed by atoms with Crippen LogP contribution < -0.4 is 5.32 Å². The van der Waals surface area contributed by atoms with Crippen molar-refractivity contribution in [2.75, 3.05) is 33.3 Å². The van der Waals surface area contributed by atoms with Gasteiger partial charge in [-0.05, 0) is 20.9 Å². The third kappa shape index (κ3) is 6.58. The van der Waals surface area contributed by atoms with Crippen LogP contribution in [-0.4, -0.2) is 49.3 Å². The second kappa shape index (κ2) is 8.97. The summed E-state index contributed by atoms with van der Waals surface area (Å²) in [6.07, 6.45) is 0. The largest absolute Gasteiger partial charge is 0.397 e. The zero-order chi connectivity index (χ0) is 8.69. The molecule has 3 heteroatoms. The zero-order valence-electron chi connectivity index (χ0n) is 7.80. The molecule has 1 aliphatic rings. The first-order valence-electron chi connectivity index (χ1n) is 4.24. The van der Waals surface area contributed by atoms with E-state index in [4.69, 9.17) is 5.11 Å². The minimum atomic E-state index is 0. The molecule has 0 aromatic carbocycles. The van der Waals surface area contributed by atoms with Crippen molar-refractivity contribution < 1.29 is 5.11 Å². The van der Waals surface area contributed by atoms with Crippen LogP contribution in [-0.2, 0) is 0 Å². The summed E-state index contributed by atoms with van der Waals surface area (Å²) in [4.78, 5) is 2.37. The molecule has 1 saturated heterocycles. The van der Waals surface area contributed by atoms with Crippen molar-refractivity contribution in [1.29, 1.82) is 0 Å². The Balaban J connectivity index is 0. The number of likely N-dealkylation sites (N-methyl/N-ethyl adjacent to an activating group) is 1. The molecule has 0 amide bonds. The summed E-state index contributed by atoms with van der Waals surface area (Å²) >= 11 is 0. The van der Waals surface area contributed by atoms with E-state index in [-0.39, 0.29) is 14.0 Å². The lowest BCUT2D eigenvalue weighted by molar-refractivity contribution is 0.215. The van der Waals surface area contributed by atoms with E-state index >= 15 is 0 Å². The summed E-state index contributed by atoms with van der Waals surface area (Å²) in [6, 6.07) is 0.726. The van der Waals surface area contributed by atoms with Crippen molar-refractivity contribution in [3.8, 4) is 0 Å². The predicted octanol–water partition coefficient (Wildman–Crippen LogP) is 0.545. The molecular weight excluding hydrogens is 152 g/mol. The Kier molecular flexibility index (Phi) is 10.8. The van der Waals surface area contributed by atoms with Crippen LogP contribution in [0.4, 0.5) is 0 Å². The average Bonchev–Trinajstić information content (AvgIpc) is 1.97. The maximum Gasteiger partial charge on any atom is 0.0402 e. The summed E-state index contributed by atoms with van der Waals surface area (Å²) in [5, 5.41) is 10.9. The van der Waals surface area contributed by atoms with Gasteiger partial charge in [0.25, 0.3) is 0 Å². The van der Waals surface area contributed by atoms with Gasteiger partial charge in [0.05, 0.1) is 0 Å². The zero-order valence-corrected chi connectivity index (χ0v) is 7.80. The van der Waals surface area contributed by atoms with Crippen LogP contribution in [0.5, 0.6) is 0 Å². The molecule has 1 atom stereocenters. The van der Waals surface area contributed by atoms with Crippen LogP contribution in [0.1, 0.15) is 21.3 Å². The minimum absolute atomic E-state index is 0. The Bertz CT molecular complexity index is 78.6. The van der Waals surface area contributed by atoms with E-state index in [9.17, 15) is 0 Å². The molecule has 1 rings (SSSR count). The maximum absolute atomic E-state index is 7.57. The van der Waals surface area contributed by atoms with Crippen molar-refractivity contribution in [1.82, 2.24) is 10.2 Å². The van der Waals surface area contributed by atoms with Crippen molar-refractivity contribution in [2.24, 2.45) is 0 Å². The summed E-state index contributed by atoms with van der Waals surface area (Å²) in [6.45, 7) is 7.67. The predicted molar refractivity (Wildman–Crippen MR) is 54.5 cm³/mol. The molecule has 0 aromatic heterocycles. The molecule has 0 saturated carbocycles. The van der Waals surface area contributed by atoms with E-state index in [0.29, 0.717) is 0 Å². The van der Waals surface area contributed by atoms with Crippen LogP contribution in [0.25, 0.3) is 0 Å². The van der Waals surface area contributed by atoms with Gasteiger partial charge in [-0.3, -0.25) is 0 Å². The highest BCUT2D eigenvalue weighted by Gasteiger charge is 2.11. The van der Waals surface area contributed by atoms with E-state index in [0.717, 1.165) is 19.1 Å². The van der Waals surface area contributed by atoms with Gasteiger partial charge in [-0.2, -0.15) is 0 Å². The lowest BCUT2D eigenvalue weighted by Gasteiger charge is -2.29. The van der Waals surface area contributed by atoms with E-state index in [1.54, 1.807) is 6.92 Å². The third-order valence-electron chi connectivity index (χ3n) is 1.83. The molecule has 0 spiro atoms. The summed E-state index contributed by atoms with van der Waals surface area (Å²) < 4.78 is 0. The SMILES string of the molecule is C.CC1CNCCN1C.CCO. The van der Waals surface area contributed by atoms with Gasteiger partial charge < -0.3 is 15.3 Å². The van der Waals surface area contributed by atoms with Gasteiger partial charge in [-0.15, -0.1) is 0 Å². The lowest BCUT2D eigenvalue weighted by Crippen LogP contribution is -2.47. The van der Waals surface area contributed by atoms with Crippen molar-refractivity contribution in [2.45, 2.75) is 27.3 Å². The smallest absolute Gasteiger partial charge is 0.0402 e. The quantitative estimate of drug-likeness (QED) is 0.565. The fraction of sp³-hybridized carbons (Fsp3) is 1.00. The molecule has 1 unspecified atom stereocenters. The van der Waals surface area contributed by atoms with Gasteiger partial charge in [-0.1, -0.05) is 7.43 Å². The Morgan fingerprint density at radius 1 is 1.58 bits per heavy atom. The molecule has 12 heavy (non-hydrogen) atoms. The van der Waals surface area contributed by atoms with Crippen molar-refractivity contribution >= 4 is 0 Å². The molecule has 0 bridgehead atoms. The Morgan fingerprint density at radius 2 is 2.08 bits per heavy atom. The highest BCUT2D eigenvalue weighted by atomic mass is 16.2. The second-order valence-electron chi connectivity index (χ2n) is 2.85. The number of aliphatic hydroxyl groups excluding tert-OH is 1. The number of nitrogens with zero attached hydrogens (tertiary/aromatic N) is 1. The molecule has 76 valence electrons. The van der Waals surface area contributed by atoms with Crippen molar-refractivity contribution in [3.63, 3.8) is 0 Å². The third-order valence-corrected chi connectivity index (χ3v) is 1.83. The Morgan fingerprint density at radius 3 is 2.33 bits per heavy atom. The number of piperazine rings is 1. The monoisotopic (exact) mass is 176 g/mol. The molecule has 0 aromatic rings. The number of nitrogens with one attached hydrogen (secondary N) is 1. The summed E-state index contributed by atoms with van der Waals surface area (Å²) in [5.74, 6) is 0. The van der Waals surface area contributed by atoms with Crippen LogP contribution in [0.3, 0.4) is 0 Å². The first kappa shape index (κ1) is 14.4. The first-order valence-corrected chi connectivity index (χ1v) is 4.24. The molecule has 0 aliphatic carbocycles. The van der Waals surface area contributed by atoms with Gasteiger partial charge in [0, 0.05) is 32.3 Å². The van der Waals surface area contributed by atoms with Crippen LogP contribution in [0.2, 0.25) is 0 Å². The van der Waals surface area contributed by atoms with E-state index in [2.05, 4.69) is 24.2 Å². The number of hydrogen-bond donors (Lipinski definition) is 2. The molecule has 1 aliphatic heterocycles. The molecule has 1 fully saturated rings. The maximum atomic E-state index is 7.57. The molecule has 2 N–H and O–H groups in total. The highest BCUT2D eigenvalue weighted by Crippen LogP contribution is 1.95. The van der Waals surface area contributed by atoms with Crippen LogP contribution >= 0.6 is 0 Å². The fourth-order valence-corrected chi connectivity index (χ4v) is 0.943. The normalized spacial score (nSPS) is 23.5. The average molecular weight is 176 g/mol. The minimum Gasteiger partial charge on any atom is -0.397 e. The topological polar surface area (TPSA) is 35.5 Å². The fourth-order valence-electron chi connectivity index (χ4n) is 0.943. The number of hydrogen-bond acceptors (Lipinski definition) is 3. The van der Waals surface area contributed by atoms with Gasteiger partial charge in [0.1, 0.15) is 0 Å². The van der Waals surface area contributed by atoms with Crippen molar-refractivity contribution in [3.05, 3.63) is 0 Å². The first-order chi connectivity index (χ1) is 5.22. The molecule has 0 radical (unpaired) electrons. The van der Waals surface area contributed by atoms with E-state index < -0.39 is 0 Å². The van der Waals surface area contributed by atoms with E-state index in [1.807, 2.05) is 0 Å². The second-order valence-corrected chi connectivity index (χ2v) is 2.85.